The van der Waals surface area contributed by atoms with Crippen molar-refractivity contribution in [2.75, 3.05) is 20.2 Å². The molecule has 0 saturated heterocycles. The summed E-state index contributed by atoms with van der Waals surface area (Å²) in [6, 6.07) is 4.11. The first kappa shape index (κ1) is 18.4. The van der Waals surface area contributed by atoms with Crippen molar-refractivity contribution in [3.05, 3.63) is 34.6 Å². The zero-order valence-corrected chi connectivity index (χ0v) is 13.8. The van der Waals surface area contributed by atoms with Gasteiger partial charge in [-0.3, -0.25) is 9.59 Å². The van der Waals surface area contributed by atoms with E-state index < -0.39 is 17.7 Å². The Balaban J connectivity index is 2.93. The van der Waals surface area contributed by atoms with Crippen LogP contribution in [0, 0.1) is 11.7 Å². The molecule has 4 nitrogen and oxygen atoms in total. The summed E-state index contributed by atoms with van der Waals surface area (Å²) in [4.78, 5) is 25.3. The van der Waals surface area contributed by atoms with Crippen LogP contribution in [0.1, 0.15) is 37.0 Å². The van der Waals surface area contributed by atoms with Crippen molar-refractivity contribution in [1.29, 1.82) is 0 Å². The van der Waals surface area contributed by atoms with Crippen LogP contribution < -0.4 is 0 Å². The molecule has 0 N–H and O–H groups in total. The summed E-state index contributed by atoms with van der Waals surface area (Å²) >= 11 is 5.94. The third kappa shape index (κ3) is 5.30. The van der Waals surface area contributed by atoms with Crippen molar-refractivity contribution >= 4 is 23.5 Å². The molecule has 0 aliphatic carbocycles. The second-order valence-corrected chi connectivity index (χ2v) is 5.80. The molecule has 0 saturated carbocycles. The largest absolute Gasteiger partial charge is 0.469 e. The molecule has 1 rings (SSSR count). The summed E-state index contributed by atoms with van der Waals surface area (Å²) in [5, 5.41) is 0.0672. The fourth-order valence-electron chi connectivity index (χ4n) is 1.92. The summed E-state index contributed by atoms with van der Waals surface area (Å²) < 4.78 is 18.5. The highest BCUT2D eigenvalue weighted by atomic mass is 35.5. The van der Waals surface area contributed by atoms with Gasteiger partial charge in [-0.2, -0.15) is 0 Å². The van der Waals surface area contributed by atoms with E-state index in [1.165, 1.54) is 30.2 Å². The van der Waals surface area contributed by atoms with Gasteiger partial charge >= 0.3 is 5.97 Å². The van der Waals surface area contributed by atoms with E-state index in [0.29, 0.717) is 12.5 Å². The highest BCUT2D eigenvalue weighted by Crippen LogP contribution is 2.21. The summed E-state index contributed by atoms with van der Waals surface area (Å²) in [6.45, 7) is 4.65. The van der Waals surface area contributed by atoms with Crippen molar-refractivity contribution in [3.63, 3.8) is 0 Å². The van der Waals surface area contributed by atoms with Gasteiger partial charge in [0.1, 0.15) is 5.82 Å². The lowest BCUT2D eigenvalue weighted by Crippen LogP contribution is -2.35. The quantitative estimate of drug-likeness (QED) is 0.719. The Morgan fingerprint density at radius 3 is 2.55 bits per heavy atom. The first-order chi connectivity index (χ1) is 10.4. The number of amides is 1. The van der Waals surface area contributed by atoms with E-state index in [2.05, 4.69) is 4.74 Å². The van der Waals surface area contributed by atoms with Crippen molar-refractivity contribution in [2.45, 2.75) is 26.7 Å². The summed E-state index contributed by atoms with van der Waals surface area (Å²) in [7, 11) is 1.29. The van der Waals surface area contributed by atoms with Gasteiger partial charge in [0.2, 0.25) is 0 Å². The highest BCUT2D eigenvalue weighted by molar-refractivity contribution is 6.33. The van der Waals surface area contributed by atoms with Gasteiger partial charge in [-0.25, -0.2) is 4.39 Å². The SMILES string of the molecule is COC(=O)CCN(CCC(C)C)C(=O)c1c(F)cccc1Cl. The summed E-state index contributed by atoms with van der Waals surface area (Å²) in [6.07, 6.45) is 0.811. The fraction of sp³-hybridized carbons (Fsp3) is 0.500. The second-order valence-electron chi connectivity index (χ2n) is 5.40. The van der Waals surface area contributed by atoms with Gasteiger partial charge in [0, 0.05) is 13.1 Å². The Morgan fingerprint density at radius 1 is 1.32 bits per heavy atom. The molecule has 0 aromatic heterocycles. The zero-order chi connectivity index (χ0) is 16.7. The van der Waals surface area contributed by atoms with Gasteiger partial charge in [0.15, 0.2) is 0 Å². The maximum Gasteiger partial charge on any atom is 0.307 e. The smallest absolute Gasteiger partial charge is 0.307 e. The van der Waals surface area contributed by atoms with Gasteiger partial charge in [0.05, 0.1) is 24.1 Å². The van der Waals surface area contributed by atoms with Gasteiger partial charge in [-0.05, 0) is 24.5 Å². The second kappa shape index (κ2) is 8.73. The molecule has 22 heavy (non-hydrogen) atoms. The van der Waals surface area contributed by atoms with E-state index >= 15 is 0 Å². The molecular formula is C16H21ClFNO3. The lowest BCUT2D eigenvalue weighted by molar-refractivity contribution is -0.140. The molecule has 0 fully saturated rings. The summed E-state index contributed by atoms with van der Waals surface area (Å²) in [5.41, 5.74) is -0.155. The third-order valence-corrected chi connectivity index (χ3v) is 3.57. The van der Waals surface area contributed by atoms with Crippen molar-refractivity contribution in [1.82, 2.24) is 4.90 Å². The Kier molecular flexibility index (Phi) is 7.32. The number of ether oxygens (including phenoxy) is 1. The number of nitrogens with zero attached hydrogens (tertiary/aromatic N) is 1. The third-order valence-electron chi connectivity index (χ3n) is 3.25. The van der Waals surface area contributed by atoms with Crippen LogP contribution in [0.4, 0.5) is 4.39 Å². The number of methoxy groups -OCH3 is 1. The monoisotopic (exact) mass is 329 g/mol. The molecule has 0 aliphatic heterocycles. The van der Waals surface area contributed by atoms with Crippen molar-refractivity contribution in [3.8, 4) is 0 Å². The number of halogens is 2. The molecule has 1 amide bonds. The molecule has 0 aliphatic rings. The standard InChI is InChI=1S/C16H21ClFNO3/c1-11(2)7-9-19(10-8-14(20)22-3)16(21)15-12(17)5-4-6-13(15)18/h4-6,11H,7-10H2,1-3H3. The maximum atomic E-state index is 13.9. The van der Waals surface area contributed by atoms with Crippen LogP contribution in [0.2, 0.25) is 5.02 Å². The molecule has 1 aromatic rings. The number of carbonyl (C=O) groups is 2. The number of benzene rings is 1. The van der Waals surface area contributed by atoms with E-state index in [9.17, 15) is 14.0 Å². The number of hydrogen-bond acceptors (Lipinski definition) is 3. The topological polar surface area (TPSA) is 46.6 Å². The van der Waals surface area contributed by atoms with Gasteiger partial charge in [-0.1, -0.05) is 31.5 Å². The molecule has 0 heterocycles. The maximum absolute atomic E-state index is 13.9. The van der Waals surface area contributed by atoms with Crippen molar-refractivity contribution in [2.24, 2.45) is 5.92 Å². The van der Waals surface area contributed by atoms with E-state index in [1.54, 1.807) is 0 Å². The predicted molar refractivity (Wildman–Crippen MR) is 83.4 cm³/mol. The van der Waals surface area contributed by atoms with Gasteiger partial charge in [0.25, 0.3) is 5.91 Å². The van der Waals surface area contributed by atoms with E-state index in [4.69, 9.17) is 11.6 Å². The van der Waals surface area contributed by atoms with Crippen LogP contribution in [0.3, 0.4) is 0 Å². The minimum Gasteiger partial charge on any atom is -0.469 e. The number of carbonyl (C=O) groups excluding carboxylic acids is 2. The molecule has 1 aromatic carbocycles. The van der Waals surface area contributed by atoms with E-state index in [0.717, 1.165) is 6.42 Å². The van der Waals surface area contributed by atoms with Crippen LogP contribution in [-0.2, 0) is 9.53 Å². The highest BCUT2D eigenvalue weighted by Gasteiger charge is 2.22. The first-order valence-electron chi connectivity index (χ1n) is 7.17. The van der Waals surface area contributed by atoms with Crippen LogP contribution in [-0.4, -0.2) is 37.0 Å². The average Bonchev–Trinajstić information content (AvgIpc) is 2.46. The predicted octanol–water partition coefficient (Wildman–Crippen LogP) is 3.53. The van der Waals surface area contributed by atoms with Crippen LogP contribution in [0.25, 0.3) is 0 Å². The Labute approximate surface area is 135 Å². The molecule has 0 radical (unpaired) electrons. The molecule has 0 bridgehead atoms. The van der Waals surface area contributed by atoms with Crippen LogP contribution in [0.5, 0.6) is 0 Å². The average molecular weight is 330 g/mol. The first-order valence-corrected chi connectivity index (χ1v) is 7.54. The van der Waals surface area contributed by atoms with Gasteiger partial charge in [-0.15, -0.1) is 0 Å². The Hall–Kier alpha value is -1.62. The molecule has 0 spiro atoms. The normalized spacial score (nSPS) is 10.6. The number of hydrogen-bond donors (Lipinski definition) is 0. The van der Waals surface area contributed by atoms with Crippen LogP contribution in [0.15, 0.2) is 18.2 Å². The fourth-order valence-corrected chi connectivity index (χ4v) is 2.16. The summed E-state index contributed by atoms with van der Waals surface area (Å²) in [5.74, 6) is -1.20. The minimum absolute atomic E-state index is 0.0619. The van der Waals surface area contributed by atoms with E-state index in [1.807, 2.05) is 13.8 Å². The zero-order valence-electron chi connectivity index (χ0n) is 13.1. The van der Waals surface area contributed by atoms with Gasteiger partial charge < -0.3 is 9.64 Å². The Bertz CT molecular complexity index is 514. The van der Waals surface area contributed by atoms with Crippen molar-refractivity contribution < 1.29 is 18.7 Å². The lowest BCUT2D eigenvalue weighted by atomic mass is 10.1. The molecule has 6 heteroatoms. The molecule has 122 valence electrons. The number of rotatable bonds is 7. The lowest BCUT2D eigenvalue weighted by Gasteiger charge is -2.24. The van der Waals surface area contributed by atoms with Crippen LogP contribution >= 0.6 is 11.6 Å². The number of esters is 1. The Morgan fingerprint density at radius 2 is 2.00 bits per heavy atom. The molecule has 0 atom stereocenters. The minimum atomic E-state index is -0.662. The molecule has 0 unspecified atom stereocenters. The molecular weight excluding hydrogens is 309 g/mol. The van der Waals surface area contributed by atoms with E-state index in [-0.39, 0.29) is 23.6 Å².